The predicted molar refractivity (Wildman–Crippen MR) is 110 cm³/mol. The Morgan fingerprint density at radius 1 is 1.10 bits per heavy atom. The first-order valence-corrected chi connectivity index (χ1v) is 9.08. The van der Waals surface area contributed by atoms with Gasteiger partial charge in [0.1, 0.15) is 17.2 Å². The van der Waals surface area contributed by atoms with Crippen LogP contribution in [0, 0.1) is 30.9 Å². The smallest absolute Gasteiger partial charge is 0.275 e. The number of nitro benzene ring substituents is 1. The van der Waals surface area contributed by atoms with Crippen molar-refractivity contribution < 1.29 is 14.5 Å². The number of hydrogen-bond donors (Lipinski definition) is 1. The zero-order valence-electron chi connectivity index (χ0n) is 16.3. The van der Waals surface area contributed by atoms with E-state index in [9.17, 15) is 14.9 Å². The number of ether oxygens (including phenoxy) is 1. The lowest BCUT2D eigenvalue weighted by atomic mass is 10.1. The zero-order valence-corrected chi connectivity index (χ0v) is 17.1. The molecule has 1 N–H and O–H groups in total. The topological polar surface area (TPSA) is 99.3 Å². The highest BCUT2D eigenvalue weighted by molar-refractivity contribution is 6.34. The van der Waals surface area contributed by atoms with Crippen molar-refractivity contribution in [3.05, 3.63) is 74.0 Å². The van der Waals surface area contributed by atoms with Gasteiger partial charge in [-0.25, -0.2) is 0 Å². The Bertz CT molecular complexity index is 1100. The molecule has 0 saturated carbocycles. The number of non-ortho nitro benzene ring substituents is 1. The number of nitrogens with zero attached hydrogens (tertiary/aromatic N) is 3. The summed E-state index contributed by atoms with van der Waals surface area (Å²) in [5, 5.41) is 18.3. The zero-order chi connectivity index (χ0) is 21.3. The van der Waals surface area contributed by atoms with Crippen molar-refractivity contribution in [2.45, 2.75) is 20.8 Å². The first-order chi connectivity index (χ1) is 13.6. The molecule has 1 heterocycles. The number of anilines is 1. The summed E-state index contributed by atoms with van der Waals surface area (Å²) < 4.78 is 7.17. The van der Waals surface area contributed by atoms with Gasteiger partial charge >= 0.3 is 0 Å². The minimum atomic E-state index is -0.550. The Labute approximate surface area is 172 Å². The quantitative estimate of drug-likeness (QED) is 0.470. The second kappa shape index (κ2) is 7.92. The lowest BCUT2D eigenvalue weighted by Crippen LogP contribution is -2.16. The SMILES string of the molecule is Cc1cc(C)cc(Oc2cc(NC(=O)c3c(Cl)c(C)nn3C)cc([N+](=O)[O-])c2)c1. The van der Waals surface area contributed by atoms with E-state index in [4.69, 9.17) is 16.3 Å². The molecule has 1 amide bonds. The van der Waals surface area contributed by atoms with Crippen LogP contribution in [0.15, 0.2) is 36.4 Å². The van der Waals surface area contributed by atoms with Crippen molar-refractivity contribution in [1.82, 2.24) is 9.78 Å². The van der Waals surface area contributed by atoms with Gasteiger partial charge in [-0.15, -0.1) is 0 Å². The van der Waals surface area contributed by atoms with Gasteiger partial charge in [-0.3, -0.25) is 19.6 Å². The molecule has 0 spiro atoms. The summed E-state index contributed by atoms with van der Waals surface area (Å²) in [6, 6.07) is 9.70. The Hall–Kier alpha value is -3.39. The molecule has 3 aromatic rings. The van der Waals surface area contributed by atoms with Crippen LogP contribution in [0.25, 0.3) is 0 Å². The molecular formula is C20H19ClN4O4. The Morgan fingerprint density at radius 2 is 1.72 bits per heavy atom. The number of rotatable bonds is 5. The summed E-state index contributed by atoms with van der Waals surface area (Å²) >= 11 is 6.15. The second-order valence-corrected chi connectivity index (χ2v) is 7.10. The van der Waals surface area contributed by atoms with Gasteiger partial charge in [-0.1, -0.05) is 17.7 Å². The molecule has 0 fully saturated rings. The average Bonchev–Trinajstić information content (AvgIpc) is 2.85. The van der Waals surface area contributed by atoms with Crippen LogP contribution in [0.5, 0.6) is 11.5 Å². The van der Waals surface area contributed by atoms with Crippen LogP contribution in [-0.4, -0.2) is 20.6 Å². The fourth-order valence-electron chi connectivity index (χ4n) is 3.02. The number of amides is 1. The van der Waals surface area contributed by atoms with Crippen molar-refractivity contribution in [2.75, 3.05) is 5.32 Å². The third-order valence-electron chi connectivity index (χ3n) is 4.16. The standard InChI is InChI=1S/C20H19ClN4O4/c1-11-5-12(2)7-16(6-11)29-17-9-14(8-15(10-17)25(27)28)22-20(26)19-18(21)13(3)23-24(19)4/h5-10H,1-4H3,(H,22,26). The summed E-state index contributed by atoms with van der Waals surface area (Å²) in [6.07, 6.45) is 0. The maximum Gasteiger partial charge on any atom is 0.275 e. The van der Waals surface area contributed by atoms with Gasteiger partial charge in [0.2, 0.25) is 0 Å². The van der Waals surface area contributed by atoms with Crippen molar-refractivity contribution >= 4 is 28.9 Å². The molecule has 150 valence electrons. The van der Waals surface area contributed by atoms with Crippen molar-refractivity contribution in [3.8, 4) is 11.5 Å². The van der Waals surface area contributed by atoms with E-state index in [1.807, 2.05) is 32.0 Å². The van der Waals surface area contributed by atoms with Crippen LogP contribution in [0.4, 0.5) is 11.4 Å². The fourth-order valence-corrected chi connectivity index (χ4v) is 3.26. The van der Waals surface area contributed by atoms with E-state index in [1.165, 1.54) is 22.9 Å². The second-order valence-electron chi connectivity index (χ2n) is 6.72. The van der Waals surface area contributed by atoms with Gasteiger partial charge in [0.15, 0.2) is 0 Å². The van der Waals surface area contributed by atoms with E-state index in [2.05, 4.69) is 10.4 Å². The van der Waals surface area contributed by atoms with E-state index in [0.717, 1.165) is 11.1 Å². The Morgan fingerprint density at radius 3 is 2.28 bits per heavy atom. The molecular weight excluding hydrogens is 396 g/mol. The molecule has 0 saturated heterocycles. The number of hydrogen-bond acceptors (Lipinski definition) is 5. The van der Waals surface area contributed by atoms with Gasteiger partial charge in [0, 0.05) is 19.2 Å². The number of nitrogens with one attached hydrogen (secondary N) is 1. The van der Waals surface area contributed by atoms with Crippen LogP contribution in [0.3, 0.4) is 0 Å². The number of halogens is 1. The summed E-state index contributed by atoms with van der Waals surface area (Å²) in [4.78, 5) is 23.4. The average molecular weight is 415 g/mol. The Balaban J connectivity index is 1.94. The highest BCUT2D eigenvalue weighted by Crippen LogP contribution is 2.31. The number of benzene rings is 2. The minimum absolute atomic E-state index is 0.160. The third-order valence-corrected chi connectivity index (χ3v) is 4.61. The van der Waals surface area contributed by atoms with Gasteiger partial charge < -0.3 is 10.1 Å². The molecule has 1 aromatic heterocycles. The molecule has 9 heteroatoms. The predicted octanol–water partition coefficient (Wildman–Crippen LogP) is 4.95. The van der Waals surface area contributed by atoms with Crippen molar-refractivity contribution in [3.63, 3.8) is 0 Å². The highest BCUT2D eigenvalue weighted by Gasteiger charge is 2.20. The van der Waals surface area contributed by atoms with Gasteiger partial charge in [-0.2, -0.15) is 5.10 Å². The van der Waals surface area contributed by atoms with Crippen LogP contribution in [0.2, 0.25) is 5.02 Å². The number of aromatic nitrogens is 2. The molecule has 0 aliphatic heterocycles. The molecule has 0 atom stereocenters. The van der Waals surface area contributed by atoms with Crippen LogP contribution in [0.1, 0.15) is 27.3 Å². The molecule has 29 heavy (non-hydrogen) atoms. The summed E-state index contributed by atoms with van der Waals surface area (Å²) in [5.74, 6) is 0.244. The molecule has 2 aromatic carbocycles. The summed E-state index contributed by atoms with van der Waals surface area (Å²) in [7, 11) is 1.59. The Kier molecular flexibility index (Phi) is 5.56. The van der Waals surface area contributed by atoms with E-state index in [1.54, 1.807) is 14.0 Å². The molecule has 0 aliphatic carbocycles. The largest absolute Gasteiger partial charge is 0.457 e. The van der Waals surface area contributed by atoms with Gasteiger partial charge in [-0.05, 0) is 44.0 Å². The lowest BCUT2D eigenvalue weighted by Gasteiger charge is -2.11. The number of aryl methyl sites for hydroxylation is 4. The maximum absolute atomic E-state index is 12.6. The third kappa shape index (κ3) is 4.55. The minimum Gasteiger partial charge on any atom is -0.457 e. The van der Waals surface area contributed by atoms with E-state index in [-0.39, 0.29) is 27.8 Å². The molecule has 3 rings (SSSR count). The monoisotopic (exact) mass is 414 g/mol. The molecule has 0 unspecified atom stereocenters. The molecule has 0 aliphatic rings. The summed E-state index contributed by atoms with van der Waals surface area (Å²) in [6.45, 7) is 5.54. The fraction of sp³-hybridized carbons (Fsp3) is 0.200. The number of carbonyl (C=O) groups is 1. The number of nitro groups is 1. The molecule has 8 nitrogen and oxygen atoms in total. The van der Waals surface area contributed by atoms with E-state index >= 15 is 0 Å². The molecule has 0 bridgehead atoms. The maximum atomic E-state index is 12.6. The highest BCUT2D eigenvalue weighted by atomic mass is 35.5. The lowest BCUT2D eigenvalue weighted by molar-refractivity contribution is -0.384. The van der Waals surface area contributed by atoms with Gasteiger partial charge in [0.05, 0.1) is 27.4 Å². The van der Waals surface area contributed by atoms with E-state index in [0.29, 0.717) is 11.4 Å². The first kappa shape index (κ1) is 20.3. The van der Waals surface area contributed by atoms with Crippen molar-refractivity contribution in [2.24, 2.45) is 7.05 Å². The number of carbonyl (C=O) groups excluding carboxylic acids is 1. The first-order valence-electron chi connectivity index (χ1n) is 8.70. The van der Waals surface area contributed by atoms with E-state index < -0.39 is 10.8 Å². The van der Waals surface area contributed by atoms with Crippen LogP contribution < -0.4 is 10.1 Å². The van der Waals surface area contributed by atoms with Gasteiger partial charge in [0.25, 0.3) is 11.6 Å². The van der Waals surface area contributed by atoms with Crippen LogP contribution >= 0.6 is 11.6 Å². The van der Waals surface area contributed by atoms with Crippen LogP contribution in [-0.2, 0) is 7.05 Å². The normalized spacial score (nSPS) is 10.7. The summed E-state index contributed by atoms with van der Waals surface area (Å²) in [5.41, 5.74) is 2.66. The molecule has 0 radical (unpaired) electrons. The van der Waals surface area contributed by atoms with Crippen molar-refractivity contribution in [1.29, 1.82) is 0 Å².